The van der Waals surface area contributed by atoms with Crippen molar-refractivity contribution < 1.29 is 34.6 Å². The molecule has 7 heteroatoms. The Morgan fingerprint density at radius 2 is 1.27 bits per heavy atom. The van der Waals surface area contributed by atoms with Crippen molar-refractivity contribution in [2.75, 3.05) is 0 Å². The molecule has 2 atom stereocenters. The van der Waals surface area contributed by atoms with E-state index < -0.39 is 22.2 Å². The summed E-state index contributed by atoms with van der Waals surface area (Å²) in [6.45, 7) is 8.75. The maximum Gasteiger partial charge on any atom is 0.127 e. The molecular weight excluding hydrogens is 364 g/mol. The van der Waals surface area contributed by atoms with Crippen LogP contribution in [0.5, 0.6) is 0 Å². The molecule has 2 aromatic rings. The summed E-state index contributed by atoms with van der Waals surface area (Å²) in [5.74, 6) is 0. The van der Waals surface area contributed by atoms with E-state index in [2.05, 4.69) is 27.7 Å². The van der Waals surface area contributed by atoms with Crippen molar-refractivity contribution >= 4 is 22.2 Å². The van der Waals surface area contributed by atoms with Crippen LogP contribution in [0.4, 0.5) is 0 Å². The van der Waals surface area contributed by atoms with Crippen molar-refractivity contribution in [3.8, 4) is 0 Å². The Balaban J connectivity index is 0. The molecule has 0 amide bonds. The van der Waals surface area contributed by atoms with Crippen LogP contribution >= 0.6 is 0 Å². The van der Waals surface area contributed by atoms with Crippen LogP contribution in [-0.2, 0) is 39.2 Å². The number of rotatable bonds is 2. The van der Waals surface area contributed by atoms with E-state index in [0.29, 0.717) is 15.2 Å². The largest absolute Gasteiger partial charge is 0.747 e. The van der Waals surface area contributed by atoms with Gasteiger partial charge in [-0.15, -0.1) is 0 Å². The van der Waals surface area contributed by atoms with E-state index in [4.69, 9.17) is 9.11 Å². The van der Waals surface area contributed by atoms with E-state index in [1.54, 1.807) is 48.5 Å². The van der Waals surface area contributed by atoms with Gasteiger partial charge in [0.2, 0.25) is 0 Å². The molecular formula is C15H22FeO4S2-6. The molecule has 2 rings (SSSR count). The van der Waals surface area contributed by atoms with Gasteiger partial charge in [-0.25, -0.2) is 16.3 Å². The van der Waals surface area contributed by atoms with Crippen LogP contribution in [0.1, 0.15) is 27.7 Å². The maximum atomic E-state index is 10.2. The van der Waals surface area contributed by atoms with Gasteiger partial charge >= 0.3 is 0 Å². The third-order valence-corrected chi connectivity index (χ3v) is 3.02. The van der Waals surface area contributed by atoms with Crippen LogP contribution in [-0.4, -0.2) is 17.5 Å². The average Bonchev–Trinajstić information content (AvgIpc) is 3.02. The Hall–Kier alpha value is -0.561. The normalized spacial score (nSPS) is 12.6. The molecule has 0 aliphatic carbocycles. The molecule has 0 aliphatic heterocycles. The zero-order chi connectivity index (χ0) is 16.5. The fraction of sp³-hybridized carbons (Fsp3) is 0.333. The molecule has 2 N–H and O–H groups in total. The number of hydrogen-bond acceptors (Lipinski definition) is 2. The SMILES string of the molecule is CC(C)(C)C.O=S(O)[c-]1[cH-][cH-][cH-][cH-]1.O=S(O)[c-]1cccc1.[Fe]. The van der Waals surface area contributed by atoms with Crippen molar-refractivity contribution in [2.45, 2.75) is 37.5 Å². The zero-order valence-electron chi connectivity index (χ0n) is 13.0. The minimum atomic E-state index is -1.80. The van der Waals surface area contributed by atoms with Gasteiger partial charge in [0.25, 0.3) is 0 Å². The van der Waals surface area contributed by atoms with Crippen LogP contribution in [0, 0.1) is 5.41 Å². The summed E-state index contributed by atoms with van der Waals surface area (Å²) in [7, 11) is 0. The van der Waals surface area contributed by atoms with Gasteiger partial charge in [0.15, 0.2) is 0 Å². The Morgan fingerprint density at radius 3 is 1.45 bits per heavy atom. The summed E-state index contributed by atoms with van der Waals surface area (Å²) < 4.78 is 37.1. The average molecular weight is 386 g/mol. The molecule has 0 saturated heterocycles. The summed E-state index contributed by atoms with van der Waals surface area (Å²) >= 11 is -3.60. The molecule has 4 nitrogen and oxygen atoms in total. The molecule has 0 radical (unpaired) electrons. The molecule has 2 unspecified atom stereocenters. The molecule has 0 spiro atoms. The minimum absolute atomic E-state index is 0. The Morgan fingerprint density at radius 1 is 0.909 bits per heavy atom. The van der Waals surface area contributed by atoms with Crippen molar-refractivity contribution in [2.24, 2.45) is 5.41 Å². The Labute approximate surface area is 148 Å². The first-order chi connectivity index (χ1) is 9.61. The first-order valence-electron chi connectivity index (χ1n) is 6.26. The molecule has 0 saturated carbocycles. The second kappa shape index (κ2) is 11.9. The molecule has 2 aromatic carbocycles. The van der Waals surface area contributed by atoms with Gasteiger partial charge in [0.05, 0.1) is 0 Å². The van der Waals surface area contributed by atoms with Crippen molar-refractivity contribution in [1.82, 2.24) is 0 Å². The predicted molar refractivity (Wildman–Crippen MR) is 87.3 cm³/mol. The van der Waals surface area contributed by atoms with Crippen LogP contribution in [0.3, 0.4) is 0 Å². The molecule has 0 heterocycles. The molecule has 22 heavy (non-hydrogen) atoms. The first-order valence-corrected chi connectivity index (χ1v) is 8.47. The standard InChI is InChI=1S/2C5H5O2S.C5H12.Fe/c2*6-8(7)5-3-1-2-4-5;1-5(2,3)4;/h2*1-4H,(H,6,7);1-4H3;/q-5;-1;;. The van der Waals surface area contributed by atoms with Gasteiger partial charge in [-0.05, 0) is 21.4 Å². The second-order valence-corrected chi connectivity index (χ2v) is 7.68. The molecule has 0 bridgehead atoms. The summed E-state index contributed by atoms with van der Waals surface area (Å²) in [4.78, 5) is 0.926. The smallest absolute Gasteiger partial charge is 0.127 e. The van der Waals surface area contributed by atoms with Gasteiger partial charge in [-0.3, -0.25) is 4.21 Å². The molecule has 0 aliphatic rings. The molecule has 0 fully saturated rings. The topological polar surface area (TPSA) is 74.6 Å². The van der Waals surface area contributed by atoms with Crippen LogP contribution in [0.25, 0.3) is 0 Å². The van der Waals surface area contributed by atoms with E-state index >= 15 is 0 Å². The first kappa shape index (κ1) is 23.7. The van der Waals surface area contributed by atoms with E-state index in [-0.39, 0.29) is 17.1 Å². The van der Waals surface area contributed by atoms with Gasteiger partial charge in [0.1, 0.15) is 11.1 Å². The maximum absolute atomic E-state index is 10.2. The third-order valence-electron chi connectivity index (χ3n) is 1.67. The van der Waals surface area contributed by atoms with E-state index in [1.165, 1.54) is 0 Å². The second-order valence-electron chi connectivity index (χ2n) is 5.74. The van der Waals surface area contributed by atoms with E-state index in [9.17, 15) is 8.42 Å². The quantitative estimate of drug-likeness (QED) is 0.464. The fourth-order valence-corrected chi connectivity index (χ4v) is 1.73. The predicted octanol–water partition coefficient (Wildman–Crippen LogP) is 4.02. The monoisotopic (exact) mass is 386 g/mol. The van der Waals surface area contributed by atoms with Gasteiger partial charge in [-0.1, -0.05) is 27.7 Å². The molecule has 0 aromatic heterocycles. The third kappa shape index (κ3) is 14.4. The van der Waals surface area contributed by atoms with Gasteiger partial charge < -0.3 is 38.3 Å². The van der Waals surface area contributed by atoms with Crippen LogP contribution in [0.15, 0.2) is 58.3 Å². The summed E-state index contributed by atoms with van der Waals surface area (Å²) in [5.41, 5.74) is 0.500. The van der Waals surface area contributed by atoms with Crippen LogP contribution < -0.4 is 0 Å². The van der Waals surface area contributed by atoms with E-state index in [0.717, 1.165) is 0 Å². The summed E-state index contributed by atoms with van der Waals surface area (Å²) in [6.07, 6.45) is 0. The number of hydrogen-bond donors (Lipinski definition) is 2. The van der Waals surface area contributed by atoms with Crippen molar-refractivity contribution in [1.29, 1.82) is 0 Å². The zero-order valence-corrected chi connectivity index (χ0v) is 15.7. The van der Waals surface area contributed by atoms with Crippen LogP contribution in [0.2, 0.25) is 0 Å². The van der Waals surface area contributed by atoms with Gasteiger partial charge in [0, 0.05) is 17.1 Å². The summed E-state index contributed by atoms with van der Waals surface area (Å²) in [6, 6.07) is 13.3. The van der Waals surface area contributed by atoms with Gasteiger partial charge in [-0.2, -0.15) is 12.1 Å². The Bertz CT molecular complexity index is 478. The summed E-state index contributed by atoms with van der Waals surface area (Å²) in [5, 5.41) is 0. The van der Waals surface area contributed by atoms with Crippen molar-refractivity contribution in [3.05, 3.63) is 48.5 Å². The van der Waals surface area contributed by atoms with E-state index in [1.807, 2.05) is 0 Å². The Kier molecular flexibility index (Phi) is 12.9. The molecule has 132 valence electrons. The minimum Gasteiger partial charge on any atom is -0.747 e. The van der Waals surface area contributed by atoms with Crippen molar-refractivity contribution in [3.63, 3.8) is 0 Å². The fourth-order valence-electron chi connectivity index (χ4n) is 0.946.